The monoisotopic (exact) mass is 338 g/mol. The highest BCUT2D eigenvalue weighted by atomic mass is 16.4. The first-order valence-corrected chi connectivity index (χ1v) is 8.72. The van der Waals surface area contributed by atoms with Crippen LogP contribution in [-0.4, -0.2) is 51.5 Å². The number of piperidine rings is 1. The number of fused-ring (bicyclic) bond motifs is 3. The molecular formula is C19H22N4O2. The number of likely N-dealkylation sites (tertiary alicyclic amines) is 1. The van der Waals surface area contributed by atoms with Crippen molar-refractivity contribution in [2.45, 2.75) is 25.3 Å². The van der Waals surface area contributed by atoms with Gasteiger partial charge in [0.15, 0.2) is 5.82 Å². The van der Waals surface area contributed by atoms with Gasteiger partial charge >= 0.3 is 5.97 Å². The summed E-state index contributed by atoms with van der Waals surface area (Å²) in [6, 6.07) is 9.60. The Balaban J connectivity index is 1.71. The topological polar surface area (TPSA) is 69.9 Å². The lowest BCUT2D eigenvalue weighted by atomic mass is 10.0. The van der Waals surface area contributed by atoms with E-state index in [-0.39, 0.29) is 5.56 Å². The van der Waals surface area contributed by atoms with Gasteiger partial charge in [0.1, 0.15) is 0 Å². The van der Waals surface area contributed by atoms with E-state index in [0.717, 1.165) is 29.9 Å². The van der Waals surface area contributed by atoms with Crippen molar-refractivity contribution in [3.05, 3.63) is 42.1 Å². The molecule has 2 aromatic heterocycles. The summed E-state index contributed by atoms with van der Waals surface area (Å²) in [6.07, 6.45) is 5.71. The second-order valence-corrected chi connectivity index (χ2v) is 6.74. The second-order valence-electron chi connectivity index (χ2n) is 6.74. The van der Waals surface area contributed by atoms with Crippen LogP contribution < -0.4 is 5.32 Å². The van der Waals surface area contributed by atoms with Crippen LogP contribution in [0.2, 0.25) is 0 Å². The third-order valence-electron chi connectivity index (χ3n) is 5.13. The molecule has 0 spiro atoms. The van der Waals surface area contributed by atoms with Gasteiger partial charge in [-0.05, 0) is 56.8 Å². The normalized spacial score (nSPS) is 18.7. The Morgan fingerprint density at radius 3 is 3.00 bits per heavy atom. The molecule has 1 aliphatic rings. The van der Waals surface area contributed by atoms with Crippen molar-refractivity contribution in [3.63, 3.8) is 0 Å². The summed E-state index contributed by atoms with van der Waals surface area (Å²) < 4.78 is 2.06. The molecule has 6 heteroatoms. The van der Waals surface area contributed by atoms with E-state index in [1.807, 2.05) is 24.4 Å². The van der Waals surface area contributed by atoms with Crippen molar-refractivity contribution in [1.82, 2.24) is 14.3 Å². The van der Waals surface area contributed by atoms with Gasteiger partial charge in [0.25, 0.3) is 0 Å². The Morgan fingerprint density at radius 1 is 1.32 bits per heavy atom. The zero-order chi connectivity index (χ0) is 17.4. The fourth-order valence-corrected chi connectivity index (χ4v) is 3.66. The third kappa shape index (κ3) is 2.93. The van der Waals surface area contributed by atoms with E-state index >= 15 is 0 Å². The summed E-state index contributed by atoms with van der Waals surface area (Å²) >= 11 is 0. The third-order valence-corrected chi connectivity index (χ3v) is 5.13. The number of carboxylic acid groups (broad SMARTS) is 1. The summed E-state index contributed by atoms with van der Waals surface area (Å²) in [6.45, 7) is 1.98. The van der Waals surface area contributed by atoms with E-state index < -0.39 is 5.97 Å². The number of aromatic nitrogens is 2. The number of nitrogens with zero attached hydrogens (tertiary/aromatic N) is 3. The highest BCUT2D eigenvalue weighted by molar-refractivity contribution is 5.94. The molecule has 6 nitrogen and oxygen atoms in total. The lowest BCUT2D eigenvalue weighted by molar-refractivity contribution is 0.0697. The Morgan fingerprint density at radius 2 is 2.20 bits per heavy atom. The van der Waals surface area contributed by atoms with E-state index in [1.54, 1.807) is 12.1 Å². The van der Waals surface area contributed by atoms with Crippen molar-refractivity contribution in [2.75, 3.05) is 25.5 Å². The molecule has 1 fully saturated rings. The fraction of sp³-hybridized carbons (Fsp3) is 0.368. The number of carbonyl (C=O) groups is 1. The van der Waals surface area contributed by atoms with Crippen LogP contribution in [0, 0.1) is 0 Å². The second kappa shape index (κ2) is 6.37. The van der Waals surface area contributed by atoms with Gasteiger partial charge < -0.3 is 19.7 Å². The van der Waals surface area contributed by atoms with Gasteiger partial charge in [-0.3, -0.25) is 0 Å². The molecule has 0 amide bonds. The molecule has 3 aromatic rings. The van der Waals surface area contributed by atoms with Crippen LogP contribution in [0.15, 0.2) is 36.5 Å². The van der Waals surface area contributed by atoms with Gasteiger partial charge in [0, 0.05) is 18.8 Å². The highest BCUT2D eigenvalue weighted by Crippen LogP contribution is 2.24. The maximum absolute atomic E-state index is 11.3. The van der Waals surface area contributed by atoms with Crippen LogP contribution in [0.25, 0.3) is 16.6 Å². The summed E-state index contributed by atoms with van der Waals surface area (Å²) in [5.41, 5.74) is 2.85. The number of carboxylic acids is 1. The lowest BCUT2D eigenvalue weighted by Crippen LogP contribution is -2.40. The largest absolute Gasteiger partial charge is 0.478 e. The molecule has 0 radical (unpaired) electrons. The van der Waals surface area contributed by atoms with Crippen LogP contribution in [0.5, 0.6) is 0 Å². The Hall–Kier alpha value is -2.60. The number of nitrogens with one attached hydrogen (secondary N) is 1. The lowest BCUT2D eigenvalue weighted by Gasteiger charge is -2.32. The molecular weight excluding hydrogens is 316 g/mol. The van der Waals surface area contributed by atoms with Crippen molar-refractivity contribution < 1.29 is 9.90 Å². The number of hydrogen-bond acceptors (Lipinski definition) is 4. The van der Waals surface area contributed by atoms with Crippen molar-refractivity contribution in [2.24, 2.45) is 0 Å². The molecule has 4 rings (SSSR count). The average Bonchev–Trinajstić information content (AvgIpc) is 3.10. The standard InChI is InChI=1S/C19H22N4O2/c1-22-9-3-2-5-14(22)12-20-18-17-6-4-10-23(17)16-8-7-13(19(24)25)11-15(16)21-18/h4,6-8,10-11,14H,2-3,5,9,12H2,1H3,(H,20,21)(H,24,25). The summed E-state index contributed by atoms with van der Waals surface area (Å²) in [4.78, 5) is 18.4. The summed E-state index contributed by atoms with van der Waals surface area (Å²) in [7, 11) is 2.17. The Labute approximate surface area is 146 Å². The molecule has 1 atom stereocenters. The molecule has 0 saturated carbocycles. The minimum Gasteiger partial charge on any atom is -0.478 e. The fourth-order valence-electron chi connectivity index (χ4n) is 3.66. The van der Waals surface area contributed by atoms with E-state index in [9.17, 15) is 9.90 Å². The van der Waals surface area contributed by atoms with Crippen LogP contribution >= 0.6 is 0 Å². The zero-order valence-electron chi connectivity index (χ0n) is 14.3. The van der Waals surface area contributed by atoms with Crippen LogP contribution in [0.3, 0.4) is 0 Å². The maximum Gasteiger partial charge on any atom is 0.335 e. The van der Waals surface area contributed by atoms with E-state index in [1.165, 1.54) is 19.3 Å². The number of rotatable bonds is 4. The summed E-state index contributed by atoms with van der Waals surface area (Å²) in [5, 5.41) is 12.7. The molecule has 1 aliphatic heterocycles. The van der Waals surface area contributed by atoms with Gasteiger partial charge in [0.05, 0.1) is 22.1 Å². The Kier molecular flexibility index (Phi) is 4.05. The summed E-state index contributed by atoms with van der Waals surface area (Å²) in [5.74, 6) is -0.131. The van der Waals surface area contributed by atoms with Gasteiger partial charge in [-0.25, -0.2) is 9.78 Å². The molecule has 2 N–H and O–H groups in total. The van der Waals surface area contributed by atoms with Gasteiger partial charge in [0.2, 0.25) is 0 Å². The molecule has 25 heavy (non-hydrogen) atoms. The molecule has 1 saturated heterocycles. The van der Waals surface area contributed by atoms with Crippen molar-refractivity contribution >= 4 is 28.3 Å². The van der Waals surface area contributed by atoms with Crippen LogP contribution in [0.4, 0.5) is 5.82 Å². The van der Waals surface area contributed by atoms with Crippen molar-refractivity contribution in [1.29, 1.82) is 0 Å². The first-order valence-electron chi connectivity index (χ1n) is 8.72. The number of benzene rings is 1. The smallest absolute Gasteiger partial charge is 0.335 e. The van der Waals surface area contributed by atoms with E-state index in [2.05, 4.69) is 21.7 Å². The molecule has 0 bridgehead atoms. The molecule has 0 aliphatic carbocycles. The molecule has 3 heterocycles. The van der Waals surface area contributed by atoms with Crippen LogP contribution in [0.1, 0.15) is 29.6 Å². The number of hydrogen-bond donors (Lipinski definition) is 2. The Bertz CT molecular complexity index is 934. The molecule has 1 aromatic carbocycles. The highest BCUT2D eigenvalue weighted by Gasteiger charge is 2.19. The zero-order valence-corrected chi connectivity index (χ0v) is 14.3. The first kappa shape index (κ1) is 15.9. The van der Waals surface area contributed by atoms with Gasteiger partial charge in [-0.2, -0.15) is 0 Å². The first-order chi connectivity index (χ1) is 12.1. The minimum atomic E-state index is -0.936. The average molecular weight is 338 g/mol. The van der Waals surface area contributed by atoms with Gasteiger partial charge in [-0.15, -0.1) is 0 Å². The number of likely N-dealkylation sites (N-methyl/N-ethyl adjacent to an activating group) is 1. The van der Waals surface area contributed by atoms with Crippen LogP contribution in [-0.2, 0) is 0 Å². The SMILES string of the molecule is CN1CCCCC1CNc1nc2cc(C(=O)O)ccc2n2cccc12. The number of aromatic carboxylic acids is 1. The predicted molar refractivity (Wildman–Crippen MR) is 98.4 cm³/mol. The van der Waals surface area contributed by atoms with Crippen molar-refractivity contribution in [3.8, 4) is 0 Å². The van der Waals surface area contributed by atoms with E-state index in [0.29, 0.717) is 11.6 Å². The molecule has 130 valence electrons. The maximum atomic E-state index is 11.3. The van der Waals surface area contributed by atoms with Gasteiger partial charge in [-0.1, -0.05) is 6.42 Å². The predicted octanol–water partition coefficient (Wildman–Crippen LogP) is 3.08. The minimum absolute atomic E-state index is 0.254. The quantitative estimate of drug-likeness (QED) is 0.765. The molecule has 1 unspecified atom stereocenters. The van der Waals surface area contributed by atoms with E-state index in [4.69, 9.17) is 4.98 Å². The number of anilines is 1.